The van der Waals surface area contributed by atoms with E-state index in [0.717, 1.165) is 0 Å². The molecule has 1 aromatic carbocycles. The lowest BCUT2D eigenvalue weighted by Crippen LogP contribution is -2.16. The smallest absolute Gasteiger partial charge is 0.411 e. The van der Waals surface area contributed by atoms with Crippen LogP contribution in [0.5, 0.6) is 0 Å². The Kier molecular flexibility index (Phi) is 4.14. The highest BCUT2D eigenvalue weighted by atomic mass is 16.5. The van der Waals surface area contributed by atoms with Crippen LogP contribution in [0.15, 0.2) is 29.4 Å². The molecule has 6 nitrogen and oxygen atoms in total. The number of rotatable bonds is 3. The van der Waals surface area contributed by atoms with E-state index < -0.39 is 6.09 Å². The van der Waals surface area contributed by atoms with Crippen LogP contribution in [-0.4, -0.2) is 23.7 Å². The lowest BCUT2D eigenvalue weighted by Gasteiger charge is -2.06. The minimum atomic E-state index is -0.542. The molecule has 1 amide bonds. The van der Waals surface area contributed by atoms with Gasteiger partial charge in [0.2, 0.25) is 0 Å². The van der Waals surface area contributed by atoms with Crippen LogP contribution >= 0.6 is 0 Å². The van der Waals surface area contributed by atoms with Crippen LogP contribution in [0, 0.1) is 0 Å². The Morgan fingerprint density at radius 1 is 1.62 bits per heavy atom. The van der Waals surface area contributed by atoms with Crippen molar-refractivity contribution in [2.45, 2.75) is 6.92 Å². The van der Waals surface area contributed by atoms with Gasteiger partial charge < -0.3 is 15.7 Å². The topological polar surface area (TPSA) is 96.9 Å². The van der Waals surface area contributed by atoms with Crippen LogP contribution < -0.4 is 11.1 Å². The zero-order valence-electron chi connectivity index (χ0n) is 8.80. The van der Waals surface area contributed by atoms with Crippen molar-refractivity contribution in [3.05, 3.63) is 29.8 Å². The van der Waals surface area contributed by atoms with Crippen molar-refractivity contribution in [2.24, 2.45) is 10.9 Å². The van der Waals surface area contributed by atoms with Gasteiger partial charge in [-0.05, 0) is 19.1 Å². The Balaban J connectivity index is 2.79. The first kappa shape index (κ1) is 11.8. The van der Waals surface area contributed by atoms with Crippen LogP contribution in [0.25, 0.3) is 0 Å². The number of oxime groups is 1. The summed E-state index contributed by atoms with van der Waals surface area (Å²) in [4.78, 5) is 11.1. The first-order chi connectivity index (χ1) is 7.67. The van der Waals surface area contributed by atoms with E-state index in [1.807, 2.05) is 0 Å². The average Bonchev–Trinajstić information content (AvgIpc) is 2.28. The molecular weight excluding hydrogens is 210 g/mol. The van der Waals surface area contributed by atoms with E-state index in [2.05, 4.69) is 10.5 Å². The molecule has 0 aliphatic heterocycles. The summed E-state index contributed by atoms with van der Waals surface area (Å²) in [6.45, 7) is 2.01. The van der Waals surface area contributed by atoms with Gasteiger partial charge >= 0.3 is 6.09 Å². The van der Waals surface area contributed by atoms with Gasteiger partial charge in [0.15, 0.2) is 5.84 Å². The van der Waals surface area contributed by atoms with Crippen LogP contribution in [-0.2, 0) is 4.74 Å². The predicted octanol–water partition coefficient (Wildman–Crippen LogP) is 1.35. The number of hydrogen-bond donors (Lipinski definition) is 3. The van der Waals surface area contributed by atoms with E-state index in [9.17, 15) is 4.79 Å². The van der Waals surface area contributed by atoms with Gasteiger partial charge in [-0.1, -0.05) is 17.3 Å². The fraction of sp³-hybridized carbons (Fsp3) is 0.200. The van der Waals surface area contributed by atoms with Crippen LogP contribution in [0.3, 0.4) is 0 Å². The van der Waals surface area contributed by atoms with Crippen molar-refractivity contribution >= 4 is 17.6 Å². The first-order valence-electron chi connectivity index (χ1n) is 4.69. The number of anilines is 1. The Morgan fingerprint density at radius 3 is 3.00 bits per heavy atom. The summed E-state index contributed by atoms with van der Waals surface area (Å²) in [7, 11) is 0. The summed E-state index contributed by atoms with van der Waals surface area (Å²) >= 11 is 0. The van der Waals surface area contributed by atoms with Gasteiger partial charge in [0.25, 0.3) is 0 Å². The van der Waals surface area contributed by atoms with Gasteiger partial charge in [-0.3, -0.25) is 5.32 Å². The number of nitrogens with zero attached hydrogens (tertiary/aromatic N) is 1. The molecule has 0 spiro atoms. The van der Waals surface area contributed by atoms with E-state index in [1.54, 1.807) is 31.2 Å². The molecule has 0 heterocycles. The molecule has 1 aromatic rings. The maximum Gasteiger partial charge on any atom is 0.411 e. The molecule has 1 rings (SSSR count). The summed E-state index contributed by atoms with van der Waals surface area (Å²) in [5.74, 6) is -0.0208. The van der Waals surface area contributed by atoms with Crippen LogP contribution in [0.1, 0.15) is 12.5 Å². The minimum absolute atomic E-state index is 0.0208. The number of nitrogens with one attached hydrogen (secondary N) is 1. The van der Waals surface area contributed by atoms with Gasteiger partial charge in [0.1, 0.15) is 0 Å². The molecule has 0 aromatic heterocycles. The van der Waals surface area contributed by atoms with Gasteiger partial charge in [0, 0.05) is 11.3 Å². The maximum absolute atomic E-state index is 11.1. The fourth-order valence-corrected chi connectivity index (χ4v) is 1.10. The Labute approximate surface area is 92.7 Å². The number of amides is 1. The van der Waals surface area contributed by atoms with E-state index in [1.165, 1.54) is 0 Å². The molecule has 0 aliphatic carbocycles. The van der Waals surface area contributed by atoms with Crippen LogP contribution in [0.2, 0.25) is 0 Å². The Bertz CT molecular complexity index is 404. The fourth-order valence-electron chi connectivity index (χ4n) is 1.10. The standard InChI is InChI=1S/C10H13N3O3/c1-2-16-10(14)12-8-5-3-4-7(6-8)9(11)13-15/h3-6,15H,2H2,1H3,(H2,11,13)(H,12,14). The summed E-state index contributed by atoms with van der Waals surface area (Å²) in [6, 6.07) is 6.58. The summed E-state index contributed by atoms with van der Waals surface area (Å²) < 4.78 is 4.71. The number of carbonyl (C=O) groups excluding carboxylic acids is 1. The number of amidine groups is 1. The highest BCUT2D eigenvalue weighted by molar-refractivity contribution is 5.98. The second kappa shape index (κ2) is 5.59. The number of benzene rings is 1. The van der Waals surface area contributed by atoms with Gasteiger partial charge in [-0.2, -0.15) is 0 Å². The van der Waals surface area contributed by atoms with Gasteiger partial charge in [-0.15, -0.1) is 0 Å². The molecule has 0 saturated carbocycles. The van der Waals surface area contributed by atoms with Crippen LogP contribution in [0.4, 0.5) is 10.5 Å². The molecule has 0 fully saturated rings. The first-order valence-corrected chi connectivity index (χ1v) is 4.69. The second-order valence-electron chi connectivity index (χ2n) is 2.91. The lowest BCUT2D eigenvalue weighted by atomic mass is 10.2. The average molecular weight is 223 g/mol. The number of ether oxygens (including phenoxy) is 1. The van der Waals surface area contributed by atoms with Crippen molar-refractivity contribution in [1.82, 2.24) is 0 Å². The lowest BCUT2D eigenvalue weighted by molar-refractivity contribution is 0.168. The summed E-state index contributed by atoms with van der Waals surface area (Å²) in [6.07, 6.45) is -0.542. The van der Waals surface area contributed by atoms with Crippen molar-refractivity contribution in [1.29, 1.82) is 0 Å². The van der Waals surface area contributed by atoms with Crippen molar-refractivity contribution in [3.8, 4) is 0 Å². The van der Waals surface area contributed by atoms with E-state index in [4.69, 9.17) is 15.7 Å². The highest BCUT2D eigenvalue weighted by Gasteiger charge is 2.04. The third-order valence-electron chi connectivity index (χ3n) is 1.79. The second-order valence-corrected chi connectivity index (χ2v) is 2.91. The monoisotopic (exact) mass is 223 g/mol. The van der Waals surface area contributed by atoms with Crippen molar-refractivity contribution in [3.63, 3.8) is 0 Å². The van der Waals surface area contributed by atoms with E-state index >= 15 is 0 Å². The largest absolute Gasteiger partial charge is 0.450 e. The molecule has 0 saturated heterocycles. The Morgan fingerprint density at radius 2 is 2.38 bits per heavy atom. The molecule has 0 radical (unpaired) electrons. The highest BCUT2D eigenvalue weighted by Crippen LogP contribution is 2.10. The zero-order chi connectivity index (χ0) is 12.0. The van der Waals surface area contributed by atoms with E-state index in [-0.39, 0.29) is 5.84 Å². The quantitative estimate of drug-likeness (QED) is 0.312. The van der Waals surface area contributed by atoms with Gasteiger partial charge in [-0.25, -0.2) is 4.79 Å². The van der Waals surface area contributed by atoms with E-state index in [0.29, 0.717) is 17.9 Å². The maximum atomic E-state index is 11.1. The molecule has 4 N–H and O–H groups in total. The third-order valence-corrected chi connectivity index (χ3v) is 1.79. The number of hydrogen-bond acceptors (Lipinski definition) is 4. The molecule has 0 atom stereocenters. The molecule has 0 aliphatic rings. The minimum Gasteiger partial charge on any atom is -0.450 e. The molecule has 6 heteroatoms. The van der Waals surface area contributed by atoms with Crippen molar-refractivity contribution < 1.29 is 14.7 Å². The number of carbonyl (C=O) groups is 1. The normalized spacial score (nSPS) is 10.9. The third kappa shape index (κ3) is 3.16. The van der Waals surface area contributed by atoms with Gasteiger partial charge in [0.05, 0.1) is 6.61 Å². The summed E-state index contributed by atoms with van der Waals surface area (Å²) in [5.41, 5.74) is 6.44. The molecule has 0 unspecified atom stereocenters. The summed E-state index contributed by atoms with van der Waals surface area (Å²) in [5, 5.41) is 13.9. The molecular formula is C10H13N3O3. The molecule has 86 valence electrons. The number of nitrogens with two attached hydrogens (primary N) is 1. The SMILES string of the molecule is CCOC(=O)Nc1cccc(/C(N)=N/O)c1. The molecule has 16 heavy (non-hydrogen) atoms. The Hall–Kier alpha value is -2.24. The zero-order valence-corrected chi connectivity index (χ0v) is 8.80. The molecule has 0 bridgehead atoms. The van der Waals surface area contributed by atoms with Crippen molar-refractivity contribution in [2.75, 3.05) is 11.9 Å². The predicted molar refractivity (Wildman–Crippen MR) is 59.6 cm³/mol.